The molecule has 2 aromatic carbocycles. The molecule has 42 heavy (non-hydrogen) atoms. The maximum absolute atomic E-state index is 4.18. The van der Waals surface area contributed by atoms with E-state index in [0.29, 0.717) is 35.5 Å². The number of rotatable bonds is 7. The van der Waals surface area contributed by atoms with Crippen molar-refractivity contribution in [3.8, 4) is 0 Å². The Morgan fingerprint density at radius 3 is 1.93 bits per heavy atom. The average molecular weight is 573 g/mol. The molecule has 0 aliphatic heterocycles. The van der Waals surface area contributed by atoms with E-state index in [2.05, 4.69) is 151 Å². The molecule has 0 aromatic heterocycles. The Kier molecular flexibility index (Phi) is 7.80. The molecular formula is C41H52Si. The number of hydrogen-bond acceptors (Lipinski definition) is 0. The molecule has 7 atom stereocenters. The molecule has 4 aliphatic carbocycles. The van der Waals surface area contributed by atoms with E-state index >= 15 is 0 Å². The van der Waals surface area contributed by atoms with Crippen LogP contribution in [0.4, 0.5) is 0 Å². The van der Waals surface area contributed by atoms with E-state index in [1.165, 1.54) is 47.6 Å². The van der Waals surface area contributed by atoms with Crippen LogP contribution in [0.25, 0.3) is 0 Å². The molecule has 4 aliphatic rings. The molecule has 1 heteroatoms. The van der Waals surface area contributed by atoms with Gasteiger partial charge in [0.25, 0.3) is 0 Å². The van der Waals surface area contributed by atoms with Crippen LogP contribution in [0.1, 0.15) is 58.1 Å². The van der Waals surface area contributed by atoms with Crippen molar-refractivity contribution >= 4 is 8.07 Å². The molecule has 2 fully saturated rings. The minimum Gasteiger partial charge on any atom is -0.103 e. The van der Waals surface area contributed by atoms with E-state index in [1.807, 2.05) is 0 Å². The predicted molar refractivity (Wildman–Crippen MR) is 184 cm³/mol. The zero-order valence-corrected chi connectivity index (χ0v) is 27.9. The summed E-state index contributed by atoms with van der Waals surface area (Å²) in [5.41, 5.74) is 6.95. The van der Waals surface area contributed by atoms with Gasteiger partial charge in [0.05, 0.1) is 8.07 Å². The van der Waals surface area contributed by atoms with Crippen molar-refractivity contribution in [2.75, 3.05) is 0 Å². The summed E-state index contributed by atoms with van der Waals surface area (Å²) < 4.78 is 0. The molecular weight excluding hydrogens is 521 g/mol. The van der Waals surface area contributed by atoms with Gasteiger partial charge in [-0.25, -0.2) is 0 Å². The lowest BCUT2D eigenvalue weighted by Crippen LogP contribution is -2.47. The summed E-state index contributed by atoms with van der Waals surface area (Å²) in [4.78, 5) is 0. The average Bonchev–Trinajstić information content (AvgIpc) is 3.59. The summed E-state index contributed by atoms with van der Waals surface area (Å²) >= 11 is 0. The smallest absolute Gasteiger partial charge is 0.0542 e. The Balaban J connectivity index is 1.61. The van der Waals surface area contributed by atoms with Gasteiger partial charge in [0.1, 0.15) is 0 Å². The van der Waals surface area contributed by atoms with Crippen LogP contribution in [-0.2, 0) is 5.41 Å². The van der Waals surface area contributed by atoms with Crippen LogP contribution < -0.4 is 0 Å². The Bertz CT molecular complexity index is 1360. The van der Waals surface area contributed by atoms with Gasteiger partial charge in [-0.05, 0) is 89.0 Å². The lowest BCUT2D eigenvalue weighted by Gasteiger charge is -2.50. The highest BCUT2D eigenvalue weighted by Crippen LogP contribution is 2.66. The van der Waals surface area contributed by atoms with Gasteiger partial charge in [0.15, 0.2) is 0 Å². The molecule has 220 valence electrons. The van der Waals surface area contributed by atoms with E-state index < -0.39 is 8.07 Å². The summed E-state index contributed by atoms with van der Waals surface area (Å²) in [6.07, 6.45) is 21.7. The first-order valence-electron chi connectivity index (χ1n) is 16.6. The maximum Gasteiger partial charge on any atom is 0.0542 e. The Morgan fingerprint density at radius 1 is 0.786 bits per heavy atom. The summed E-state index contributed by atoms with van der Waals surface area (Å²) in [6.45, 7) is 18.9. The molecule has 0 saturated heterocycles. The van der Waals surface area contributed by atoms with Gasteiger partial charge in [-0.15, -0.1) is 6.58 Å². The van der Waals surface area contributed by atoms with Crippen LogP contribution >= 0.6 is 0 Å². The highest BCUT2D eigenvalue weighted by atomic mass is 28.3. The minimum atomic E-state index is -1.41. The fourth-order valence-corrected chi connectivity index (χ4v) is 12.7. The number of allylic oxidation sites excluding steroid dienone is 9. The molecule has 2 aromatic rings. The topological polar surface area (TPSA) is 0 Å². The van der Waals surface area contributed by atoms with Gasteiger partial charge < -0.3 is 0 Å². The van der Waals surface area contributed by atoms with Crippen molar-refractivity contribution in [3.05, 3.63) is 132 Å². The molecule has 0 spiro atoms. The largest absolute Gasteiger partial charge is 0.103 e. The number of benzene rings is 2. The fourth-order valence-electron chi connectivity index (χ4n) is 9.76. The van der Waals surface area contributed by atoms with Gasteiger partial charge in [-0.2, -0.15) is 0 Å². The van der Waals surface area contributed by atoms with Crippen molar-refractivity contribution in [1.82, 2.24) is 0 Å². The number of hydrogen-bond donors (Lipinski definition) is 0. The lowest BCUT2D eigenvalue weighted by atomic mass is 9.53. The zero-order valence-electron chi connectivity index (χ0n) is 26.9. The maximum atomic E-state index is 4.18. The van der Waals surface area contributed by atoms with Crippen molar-refractivity contribution < 1.29 is 0 Å². The fraction of sp³-hybridized carbons (Fsp3) is 0.463. The molecule has 0 radical (unpaired) electrons. The molecule has 0 heterocycles. The molecule has 2 saturated carbocycles. The first-order chi connectivity index (χ1) is 20.1. The van der Waals surface area contributed by atoms with E-state index in [1.54, 1.807) is 0 Å². The quantitative estimate of drug-likeness (QED) is 0.229. The van der Waals surface area contributed by atoms with Crippen molar-refractivity contribution in [2.24, 2.45) is 40.9 Å². The second-order valence-electron chi connectivity index (χ2n) is 15.6. The highest BCUT2D eigenvalue weighted by molar-refractivity contribution is 6.79. The van der Waals surface area contributed by atoms with Gasteiger partial charge in [-0.1, -0.05) is 149 Å². The van der Waals surface area contributed by atoms with E-state index in [0.717, 1.165) is 5.54 Å². The Hall–Kier alpha value is -2.64. The Morgan fingerprint density at radius 2 is 1.36 bits per heavy atom. The second-order valence-corrected chi connectivity index (χ2v) is 20.8. The molecule has 0 nitrogen and oxygen atoms in total. The molecule has 0 N–H and O–H groups in total. The number of fused-ring (bicyclic) bond motifs is 3. The highest BCUT2D eigenvalue weighted by Gasteiger charge is 2.61. The van der Waals surface area contributed by atoms with E-state index in [9.17, 15) is 0 Å². The van der Waals surface area contributed by atoms with Crippen LogP contribution in [0.15, 0.2) is 121 Å². The molecule has 0 bridgehead atoms. The van der Waals surface area contributed by atoms with Crippen LogP contribution in [-0.4, -0.2) is 8.07 Å². The first-order valence-corrected chi connectivity index (χ1v) is 19.8. The van der Waals surface area contributed by atoms with Gasteiger partial charge >= 0.3 is 0 Å². The van der Waals surface area contributed by atoms with E-state index in [4.69, 9.17) is 0 Å². The first kappa shape index (κ1) is 29.4. The van der Waals surface area contributed by atoms with Crippen LogP contribution in [0.5, 0.6) is 0 Å². The van der Waals surface area contributed by atoms with Crippen molar-refractivity contribution in [3.63, 3.8) is 0 Å². The summed E-state index contributed by atoms with van der Waals surface area (Å²) in [5, 5.41) is 0. The van der Waals surface area contributed by atoms with Gasteiger partial charge in [0, 0.05) is 5.41 Å². The summed E-state index contributed by atoms with van der Waals surface area (Å²) in [7, 11) is -1.41. The third-order valence-electron chi connectivity index (χ3n) is 11.8. The SMILES string of the molecule is C=CC[Si](C)(C)C1CCC(C(c2ccccc2)(c2ccccc2)C2C3C=C(C)C=CC3C3C=CC(C(C)(C)C)=CC32)C1. The van der Waals surface area contributed by atoms with Gasteiger partial charge in [0.2, 0.25) is 0 Å². The van der Waals surface area contributed by atoms with Gasteiger partial charge in [-0.3, -0.25) is 0 Å². The van der Waals surface area contributed by atoms with Crippen LogP contribution in [0, 0.1) is 40.9 Å². The lowest BCUT2D eigenvalue weighted by molar-refractivity contribution is 0.157. The molecule has 0 amide bonds. The monoisotopic (exact) mass is 572 g/mol. The third kappa shape index (κ3) is 4.90. The van der Waals surface area contributed by atoms with E-state index in [-0.39, 0.29) is 10.8 Å². The summed E-state index contributed by atoms with van der Waals surface area (Å²) in [5.74, 6) is 3.22. The third-order valence-corrected chi connectivity index (χ3v) is 15.9. The minimum absolute atomic E-state index is 0.0507. The Labute approximate surface area is 257 Å². The van der Waals surface area contributed by atoms with Crippen LogP contribution in [0.2, 0.25) is 24.7 Å². The van der Waals surface area contributed by atoms with Crippen molar-refractivity contribution in [2.45, 2.75) is 77.1 Å². The molecule has 7 unspecified atom stereocenters. The van der Waals surface area contributed by atoms with Crippen LogP contribution in [0.3, 0.4) is 0 Å². The predicted octanol–water partition coefficient (Wildman–Crippen LogP) is 11.2. The summed E-state index contributed by atoms with van der Waals surface area (Å²) in [6, 6.07) is 24.8. The second kappa shape index (κ2) is 11.1. The molecule has 6 rings (SSSR count). The standard InChI is InChI=1S/C41H52Si/c1-8-25-42(6,7)34-22-20-33(27-34)41(30-15-11-9-12-16-30,31-17-13-10-14-18-31)39-37-26-29(2)19-23-35(37)36-24-21-32(28-38(36)39)40(3,4)5/h8-19,21,23-24,26,28,33-39H,1,20,22,25,27H2,2-7H3. The zero-order chi connectivity index (χ0) is 29.7. The van der Waals surface area contributed by atoms with Crippen molar-refractivity contribution in [1.29, 1.82) is 0 Å². The normalized spacial score (nSPS) is 30.9.